The molecule has 0 unspecified atom stereocenters. The van der Waals surface area contributed by atoms with E-state index < -0.39 is 0 Å². The molecule has 1 aromatic rings. The van der Waals surface area contributed by atoms with E-state index in [0.717, 1.165) is 24.7 Å². The molecule has 0 aliphatic heterocycles. The van der Waals surface area contributed by atoms with Crippen LogP contribution in [0.1, 0.15) is 51.7 Å². The van der Waals surface area contributed by atoms with Crippen LogP contribution in [0.15, 0.2) is 4.52 Å². The number of aromatic nitrogens is 2. The molecule has 2 N–H and O–H groups in total. The van der Waals surface area contributed by atoms with Gasteiger partial charge in [0, 0.05) is 11.8 Å². The number of hydrogen-bond donors (Lipinski definition) is 1. The maximum absolute atomic E-state index is 5.82. The Bertz CT molecular complexity index is 355. The van der Waals surface area contributed by atoms with E-state index in [-0.39, 0.29) is 10.8 Å². The quantitative estimate of drug-likeness (QED) is 0.851. The molecular weight excluding hydrogens is 202 g/mol. The van der Waals surface area contributed by atoms with Crippen molar-refractivity contribution in [3.63, 3.8) is 0 Å². The molecule has 4 heteroatoms. The minimum absolute atomic E-state index is 0.0444. The van der Waals surface area contributed by atoms with Crippen LogP contribution in [0.4, 0.5) is 0 Å². The number of nitrogens with two attached hydrogens (primary N) is 1. The van der Waals surface area contributed by atoms with E-state index in [0.29, 0.717) is 0 Å². The second kappa shape index (κ2) is 3.84. The lowest BCUT2D eigenvalue weighted by atomic mass is 9.67. The lowest BCUT2D eigenvalue weighted by Gasteiger charge is -2.39. The van der Waals surface area contributed by atoms with Gasteiger partial charge in [0.1, 0.15) is 0 Å². The molecule has 1 aromatic heterocycles. The molecule has 1 fully saturated rings. The van der Waals surface area contributed by atoms with Crippen LogP contribution in [-0.2, 0) is 11.8 Å². The van der Waals surface area contributed by atoms with Crippen LogP contribution in [0.2, 0.25) is 0 Å². The van der Waals surface area contributed by atoms with Crippen LogP contribution < -0.4 is 5.73 Å². The van der Waals surface area contributed by atoms with Crippen LogP contribution in [0, 0.1) is 5.41 Å². The molecule has 0 radical (unpaired) electrons. The van der Waals surface area contributed by atoms with Gasteiger partial charge in [0.2, 0.25) is 5.89 Å². The van der Waals surface area contributed by atoms with E-state index in [1.54, 1.807) is 0 Å². The summed E-state index contributed by atoms with van der Waals surface area (Å²) in [5.74, 6) is 1.53. The first kappa shape index (κ1) is 11.6. The highest BCUT2D eigenvalue weighted by Crippen LogP contribution is 2.42. The lowest BCUT2D eigenvalue weighted by molar-refractivity contribution is 0.129. The van der Waals surface area contributed by atoms with E-state index in [2.05, 4.69) is 30.9 Å². The molecule has 1 aliphatic carbocycles. The highest BCUT2D eigenvalue weighted by atomic mass is 16.5. The lowest BCUT2D eigenvalue weighted by Crippen LogP contribution is -2.39. The summed E-state index contributed by atoms with van der Waals surface area (Å²) < 4.78 is 5.31. The minimum Gasteiger partial charge on any atom is -0.339 e. The van der Waals surface area contributed by atoms with Gasteiger partial charge in [-0.05, 0) is 24.8 Å². The molecule has 0 aromatic carbocycles. The molecular formula is C12H21N3O. The second-order valence-corrected chi connectivity index (χ2v) is 6.00. The summed E-state index contributed by atoms with van der Waals surface area (Å²) in [5, 5.41) is 4.04. The summed E-state index contributed by atoms with van der Waals surface area (Å²) in [6.07, 6.45) is 4.50. The van der Waals surface area contributed by atoms with E-state index in [9.17, 15) is 0 Å². The fraction of sp³-hybridized carbons (Fsp3) is 0.833. The SMILES string of the molecule is CC(C)(C)c1noc(CC2(CN)CCC2)n1. The van der Waals surface area contributed by atoms with Crippen LogP contribution in [0.3, 0.4) is 0 Å². The highest BCUT2D eigenvalue weighted by Gasteiger charge is 2.37. The van der Waals surface area contributed by atoms with E-state index in [1.807, 2.05) is 0 Å². The molecule has 0 bridgehead atoms. The molecule has 1 aliphatic rings. The van der Waals surface area contributed by atoms with Gasteiger partial charge in [-0.1, -0.05) is 32.3 Å². The smallest absolute Gasteiger partial charge is 0.227 e. The summed E-state index contributed by atoms with van der Waals surface area (Å²) in [5.41, 5.74) is 6.01. The zero-order valence-electron chi connectivity index (χ0n) is 10.4. The summed E-state index contributed by atoms with van der Waals surface area (Å²) in [6.45, 7) is 6.98. The highest BCUT2D eigenvalue weighted by molar-refractivity contribution is 5.03. The van der Waals surface area contributed by atoms with Gasteiger partial charge < -0.3 is 10.3 Å². The van der Waals surface area contributed by atoms with Crippen molar-refractivity contribution in [3.05, 3.63) is 11.7 Å². The third kappa shape index (κ3) is 2.12. The fourth-order valence-corrected chi connectivity index (χ4v) is 2.08. The van der Waals surface area contributed by atoms with Crippen molar-refractivity contribution in [1.29, 1.82) is 0 Å². The van der Waals surface area contributed by atoms with E-state index in [4.69, 9.17) is 10.3 Å². The third-order valence-corrected chi connectivity index (χ3v) is 3.51. The Morgan fingerprint density at radius 2 is 2.06 bits per heavy atom. The summed E-state index contributed by atoms with van der Waals surface area (Å²) in [7, 11) is 0. The number of rotatable bonds is 3. The number of hydrogen-bond acceptors (Lipinski definition) is 4. The van der Waals surface area contributed by atoms with E-state index in [1.165, 1.54) is 19.3 Å². The molecule has 0 atom stereocenters. The Balaban J connectivity index is 2.08. The standard InChI is InChI=1S/C12H21N3O/c1-11(2,3)10-14-9(16-15-10)7-12(8-13)5-4-6-12/h4-8,13H2,1-3H3. The van der Waals surface area contributed by atoms with Crippen molar-refractivity contribution in [2.45, 2.75) is 51.9 Å². The molecule has 4 nitrogen and oxygen atoms in total. The molecule has 16 heavy (non-hydrogen) atoms. The largest absolute Gasteiger partial charge is 0.339 e. The molecule has 0 saturated heterocycles. The second-order valence-electron chi connectivity index (χ2n) is 6.00. The van der Waals surface area contributed by atoms with E-state index >= 15 is 0 Å². The molecule has 0 amide bonds. The monoisotopic (exact) mass is 223 g/mol. The molecule has 1 heterocycles. The Hall–Kier alpha value is -0.900. The zero-order chi connectivity index (χ0) is 11.8. The molecule has 90 valence electrons. The fourth-order valence-electron chi connectivity index (χ4n) is 2.08. The van der Waals surface area contributed by atoms with Crippen molar-refractivity contribution in [2.75, 3.05) is 6.54 Å². The third-order valence-electron chi connectivity index (χ3n) is 3.51. The van der Waals surface area contributed by atoms with Crippen LogP contribution >= 0.6 is 0 Å². The Morgan fingerprint density at radius 3 is 2.44 bits per heavy atom. The summed E-state index contributed by atoms with van der Waals surface area (Å²) in [4.78, 5) is 4.46. The van der Waals surface area contributed by atoms with Crippen molar-refractivity contribution in [2.24, 2.45) is 11.1 Å². The van der Waals surface area contributed by atoms with Gasteiger partial charge in [0.05, 0.1) is 0 Å². The normalized spacial score (nSPS) is 19.5. The van der Waals surface area contributed by atoms with Crippen molar-refractivity contribution in [1.82, 2.24) is 10.1 Å². The molecule has 2 rings (SSSR count). The molecule has 1 saturated carbocycles. The maximum Gasteiger partial charge on any atom is 0.227 e. The Labute approximate surface area is 96.6 Å². The average Bonchev–Trinajstić information content (AvgIpc) is 2.58. The van der Waals surface area contributed by atoms with Gasteiger partial charge >= 0.3 is 0 Å². The van der Waals surface area contributed by atoms with Gasteiger partial charge in [0.15, 0.2) is 5.82 Å². The van der Waals surface area contributed by atoms with Crippen molar-refractivity contribution < 1.29 is 4.52 Å². The van der Waals surface area contributed by atoms with Crippen molar-refractivity contribution >= 4 is 0 Å². The first-order chi connectivity index (χ1) is 7.45. The van der Waals surface area contributed by atoms with Crippen LogP contribution in [-0.4, -0.2) is 16.7 Å². The Kier molecular flexibility index (Phi) is 2.78. The topological polar surface area (TPSA) is 64.9 Å². The van der Waals surface area contributed by atoms with Crippen LogP contribution in [0.5, 0.6) is 0 Å². The van der Waals surface area contributed by atoms with Gasteiger partial charge in [-0.3, -0.25) is 0 Å². The van der Waals surface area contributed by atoms with Gasteiger partial charge in [-0.15, -0.1) is 0 Å². The minimum atomic E-state index is -0.0444. The summed E-state index contributed by atoms with van der Waals surface area (Å²) in [6, 6.07) is 0. The van der Waals surface area contributed by atoms with Crippen molar-refractivity contribution in [3.8, 4) is 0 Å². The van der Waals surface area contributed by atoms with Crippen LogP contribution in [0.25, 0.3) is 0 Å². The maximum atomic E-state index is 5.82. The Morgan fingerprint density at radius 1 is 1.38 bits per heavy atom. The van der Waals surface area contributed by atoms with Gasteiger partial charge in [-0.25, -0.2) is 0 Å². The first-order valence-corrected chi connectivity index (χ1v) is 5.98. The first-order valence-electron chi connectivity index (χ1n) is 5.98. The zero-order valence-corrected chi connectivity index (χ0v) is 10.4. The molecule has 0 spiro atoms. The summed E-state index contributed by atoms with van der Waals surface area (Å²) >= 11 is 0. The predicted molar refractivity (Wildman–Crippen MR) is 62.0 cm³/mol. The van der Waals surface area contributed by atoms with Gasteiger partial charge in [0.25, 0.3) is 0 Å². The average molecular weight is 223 g/mol. The van der Waals surface area contributed by atoms with Gasteiger partial charge in [-0.2, -0.15) is 4.98 Å². The predicted octanol–water partition coefficient (Wildman–Crippen LogP) is 2.04. The number of nitrogens with zero attached hydrogens (tertiary/aromatic N) is 2.